The maximum atomic E-state index is 13.5. The molecule has 0 unspecified atom stereocenters. The lowest BCUT2D eigenvalue weighted by molar-refractivity contribution is -0.121. The van der Waals surface area contributed by atoms with Crippen LogP contribution in [-0.2, 0) is 14.8 Å². The van der Waals surface area contributed by atoms with Crippen molar-refractivity contribution < 1.29 is 17.9 Å². The summed E-state index contributed by atoms with van der Waals surface area (Å²) >= 11 is 0. The SMILES string of the molecule is CCOc1ccc(S(=O)(=O)N(CC(=O)NCCC2=CCCCC2)C2CCCCC2)cc1. The van der Waals surface area contributed by atoms with Gasteiger partial charge in [-0.25, -0.2) is 8.42 Å². The van der Waals surface area contributed by atoms with Gasteiger partial charge in [-0.05, 0) is 76.1 Å². The lowest BCUT2D eigenvalue weighted by Gasteiger charge is -2.33. The Hall–Kier alpha value is -1.86. The third-order valence-corrected chi connectivity index (χ3v) is 8.09. The van der Waals surface area contributed by atoms with E-state index in [9.17, 15) is 13.2 Å². The molecule has 1 amide bonds. The van der Waals surface area contributed by atoms with Crippen molar-refractivity contribution in [3.63, 3.8) is 0 Å². The fraction of sp³-hybridized carbons (Fsp3) is 0.625. The van der Waals surface area contributed by atoms with Gasteiger partial charge in [0.1, 0.15) is 5.75 Å². The van der Waals surface area contributed by atoms with Gasteiger partial charge >= 0.3 is 0 Å². The molecule has 6 nitrogen and oxygen atoms in total. The van der Waals surface area contributed by atoms with Crippen LogP contribution in [0.15, 0.2) is 40.8 Å². The summed E-state index contributed by atoms with van der Waals surface area (Å²) in [5.74, 6) is 0.414. The molecule has 7 heteroatoms. The molecule has 172 valence electrons. The highest BCUT2D eigenvalue weighted by atomic mass is 32.2. The highest BCUT2D eigenvalue weighted by molar-refractivity contribution is 7.89. The molecule has 3 rings (SSSR count). The number of benzene rings is 1. The number of carbonyl (C=O) groups excluding carboxylic acids is 1. The van der Waals surface area contributed by atoms with Crippen LogP contribution in [0.4, 0.5) is 0 Å². The molecule has 0 aliphatic heterocycles. The number of hydrogen-bond acceptors (Lipinski definition) is 4. The van der Waals surface area contributed by atoms with Crippen LogP contribution in [0.25, 0.3) is 0 Å². The number of carbonyl (C=O) groups is 1. The number of hydrogen-bond donors (Lipinski definition) is 1. The molecule has 0 radical (unpaired) electrons. The number of ether oxygens (including phenoxy) is 1. The topological polar surface area (TPSA) is 75.7 Å². The van der Waals surface area contributed by atoms with Crippen LogP contribution in [0.2, 0.25) is 0 Å². The summed E-state index contributed by atoms with van der Waals surface area (Å²) < 4.78 is 33.8. The summed E-state index contributed by atoms with van der Waals surface area (Å²) in [4.78, 5) is 12.9. The Kier molecular flexibility index (Phi) is 8.96. The molecule has 1 saturated carbocycles. The van der Waals surface area contributed by atoms with Gasteiger partial charge in [0.2, 0.25) is 15.9 Å². The van der Waals surface area contributed by atoms with Crippen molar-refractivity contribution in [2.75, 3.05) is 19.7 Å². The molecule has 0 spiro atoms. The van der Waals surface area contributed by atoms with Crippen molar-refractivity contribution >= 4 is 15.9 Å². The van der Waals surface area contributed by atoms with Crippen LogP contribution >= 0.6 is 0 Å². The van der Waals surface area contributed by atoms with Crippen LogP contribution in [0.3, 0.4) is 0 Å². The van der Waals surface area contributed by atoms with E-state index in [1.807, 2.05) is 6.92 Å². The number of nitrogens with zero attached hydrogens (tertiary/aromatic N) is 1. The second-order valence-corrected chi connectivity index (χ2v) is 10.3. The van der Waals surface area contributed by atoms with Gasteiger partial charge in [-0.15, -0.1) is 0 Å². The molecule has 31 heavy (non-hydrogen) atoms. The Morgan fingerprint density at radius 1 is 1.10 bits per heavy atom. The second kappa shape index (κ2) is 11.7. The molecule has 2 aliphatic rings. The fourth-order valence-electron chi connectivity index (χ4n) is 4.48. The first-order valence-electron chi connectivity index (χ1n) is 11.7. The first kappa shape index (κ1) is 23.8. The number of sulfonamides is 1. The molecule has 1 aromatic carbocycles. The third-order valence-electron chi connectivity index (χ3n) is 6.18. The van der Waals surface area contributed by atoms with Crippen LogP contribution in [0.5, 0.6) is 5.75 Å². The standard InChI is InChI=1S/C24H36N2O4S/c1-2-30-22-13-15-23(16-14-22)31(28,29)26(21-11-7-4-8-12-21)19-24(27)25-18-17-20-9-5-3-6-10-20/h9,13-16,21H,2-8,10-12,17-19H2,1H3,(H,25,27). The molecule has 0 bridgehead atoms. The monoisotopic (exact) mass is 448 g/mol. The van der Waals surface area contributed by atoms with E-state index >= 15 is 0 Å². The average Bonchev–Trinajstić information content (AvgIpc) is 2.79. The number of rotatable bonds is 10. The molecule has 0 aromatic heterocycles. The van der Waals surface area contributed by atoms with Crippen molar-refractivity contribution in [3.8, 4) is 5.75 Å². The van der Waals surface area contributed by atoms with Crippen molar-refractivity contribution in [1.29, 1.82) is 0 Å². The molecule has 1 N–H and O–H groups in total. The molecule has 1 aromatic rings. The van der Waals surface area contributed by atoms with Gasteiger partial charge < -0.3 is 10.1 Å². The van der Waals surface area contributed by atoms with Gasteiger partial charge in [0.15, 0.2) is 0 Å². The second-order valence-electron chi connectivity index (χ2n) is 8.45. The molecular formula is C24H36N2O4S. The number of allylic oxidation sites excluding steroid dienone is 1. The molecule has 1 fully saturated rings. The first-order valence-corrected chi connectivity index (χ1v) is 13.1. The van der Waals surface area contributed by atoms with Crippen molar-refractivity contribution in [3.05, 3.63) is 35.9 Å². The Bertz CT molecular complexity index is 843. The molecular weight excluding hydrogens is 412 g/mol. The Morgan fingerprint density at radius 2 is 1.84 bits per heavy atom. The summed E-state index contributed by atoms with van der Waals surface area (Å²) in [6, 6.07) is 6.37. The maximum Gasteiger partial charge on any atom is 0.243 e. The van der Waals surface area contributed by atoms with E-state index in [1.165, 1.54) is 22.7 Å². The van der Waals surface area contributed by atoms with Crippen molar-refractivity contribution in [2.24, 2.45) is 0 Å². The van der Waals surface area contributed by atoms with E-state index in [0.29, 0.717) is 18.9 Å². The van der Waals surface area contributed by atoms with E-state index in [2.05, 4.69) is 11.4 Å². The van der Waals surface area contributed by atoms with Crippen LogP contribution in [0, 0.1) is 0 Å². The highest BCUT2D eigenvalue weighted by Crippen LogP contribution is 2.28. The smallest absolute Gasteiger partial charge is 0.243 e. The predicted molar refractivity (Wildman–Crippen MR) is 123 cm³/mol. The highest BCUT2D eigenvalue weighted by Gasteiger charge is 2.34. The minimum Gasteiger partial charge on any atom is -0.494 e. The van der Waals surface area contributed by atoms with E-state index in [1.54, 1.807) is 24.3 Å². The Labute approximate surface area is 187 Å². The Morgan fingerprint density at radius 3 is 2.48 bits per heavy atom. The lowest BCUT2D eigenvalue weighted by Crippen LogP contribution is -2.47. The summed E-state index contributed by atoms with van der Waals surface area (Å²) in [7, 11) is -3.77. The van der Waals surface area contributed by atoms with Gasteiger partial charge in [-0.1, -0.05) is 30.9 Å². The normalized spacial score (nSPS) is 17.9. The van der Waals surface area contributed by atoms with E-state index in [-0.39, 0.29) is 23.4 Å². The Balaban J connectivity index is 1.68. The maximum absolute atomic E-state index is 13.5. The number of amides is 1. The predicted octanol–water partition coefficient (Wildman–Crippen LogP) is 4.42. The minimum absolute atomic E-state index is 0.126. The quantitative estimate of drug-likeness (QED) is 0.538. The van der Waals surface area contributed by atoms with Crippen LogP contribution < -0.4 is 10.1 Å². The fourth-order valence-corrected chi connectivity index (χ4v) is 6.12. The zero-order chi connectivity index (χ0) is 22.1. The molecule has 0 atom stereocenters. The number of nitrogens with one attached hydrogen (secondary N) is 1. The molecule has 2 aliphatic carbocycles. The van der Waals surface area contributed by atoms with Gasteiger partial charge in [0.25, 0.3) is 0 Å². The largest absolute Gasteiger partial charge is 0.494 e. The summed E-state index contributed by atoms with van der Waals surface area (Å²) in [6.07, 6.45) is 12.5. The van der Waals surface area contributed by atoms with Gasteiger partial charge in [-0.3, -0.25) is 4.79 Å². The van der Waals surface area contributed by atoms with E-state index in [0.717, 1.165) is 51.4 Å². The third kappa shape index (κ3) is 6.81. The average molecular weight is 449 g/mol. The van der Waals surface area contributed by atoms with Crippen LogP contribution in [0.1, 0.15) is 71.1 Å². The summed E-state index contributed by atoms with van der Waals surface area (Å²) in [5, 5.41) is 2.94. The summed E-state index contributed by atoms with van der Waals surface area (Å²) in [6.45, 7) is 2.85. The van der Waals surface area contributed by atoms with E-state index < -0.39 is 10.0 Å². The van der Waals surface area contributed by atoms with Gasteiger partial charge in [0.05, 0.1) is 18.0 Å². The van der Waals surface area contributed by atoms with Crippen molar-refractivity contribution in [2.45, 2.75) is 82.1 Å². The molecule has 0 saturated heterocycles. The van der Waals surface area contributed by atoms with E-state index in [4.69, 9.17) is 4.74 Å². The molecule has 0 heterocycles. The lowest BCUT2D eigenvalue weighted by atomic mass is 9.95. The minimum atomic E-state index is -3.77. The first-order chi connectivity index (χ1) is 15.0. The van der Waals surface area contributed by atoms with Gasteiger partial charge in [-0.2, -0.15) is 4.31 Å². The zero-order valence-electron chi connectivity index (χ0n) is 18.6. The summed E-state index contributed by atoms with van der Waals surface area (Å²) in [5.41, 5.74) is 1.40. The van der Waals surface area contributed by atoms with Crippen molar-refractivity contribution in [1.82, 2.24) is 9.62 Å². The zero-order valence-corrected chi connectivity index (χ0v) is 19.5. The van der Waals surface area contributed by atoms with Gasteiger partial charge in [0, 0.05) is 12.6 Å². The van der Waals surface area contributed by atoms with Crippen LogP contribution in [-0.4, -0.2) is 44.4 Å².